The molecule has 102 valence electrons. The molecule has 7 heteroatoms. The summed E-state index contributed by atoms with van der Waals surface area (Å²) >= 11 is 5.74. The molecule has 0 aliphatic heterocycles. The van der Waals surface area contributed by atoms with Crippen LogP contribution in [0.4, 0.5) is 5.69 Å². The van der Waals surface area contributed by atoms with E-state index in [4.69, 9.17) is 16.3 Å². The number of rotatable bonds is 4. The largest absolute Gasteiger partial charge is 0.455 e. The lowest BCUT2D eigenvalue weighted by Crippen LogP contribution is -2.08. The molecule has 0 amide bonds. The Balaban J connectivity index is 2.17. The summed E-state index contributed by atoms with van der Waals surface area (Å²) in [4.78, 5) is 26.1. The predicted molar refractivity (Wildman–Crippen MR) is 71.5 cm³/mol. The summed E-state index contributed by atoms with van der Waals surface area (Å²) in [6, 6.07) is 8.88. The number of nitro groups is 1. The third-order valence-corrected chi connectivity index (χ3v) is 2.69. The van der Waals surface area contributed by atoms with Crippen LogP contribution in [0.3, 0.4) is 0 Å². The van der Waals surface area contributed by atoms with Gasteiger partial charge in [-0.2, -0.15) is 0 Å². The summed E-state index contributed by atoms with van der Waals surface area (Å²) in [7, 11) is 0. The van der Waals surface area contributed by atoms with E-state index in [-0.39, 0.29) is 22.9 Å². The topological polar surface area (TPSA) is 82.3 Å². The van der Waals surface area contributed by atoms with Crippen LogP contribution in [0.2, 0.25) is 5.02 Å². The third-order valence-electron chi connectivity index (χ3n) is 2.45. The highest BCUT2D eigenvalue weighted by molar-refractivity contribution is 6.31. The molecular weight excluding hydrogens is 284 g/mol. The summed E-state index contributed by atoms with van der Waals surface area (Å²) in [5.74, 6) is -0.815. The molecule has 0 unspecified atom stereocenters. The van der Waals surface area contributed by atoms with Crippen molar-refractivity contribution in [1.82, 2.24) is 4.98 Å². The fourth-order valence-corrected chi connectivity index (χ4v) is 1.70. The summed E-state index contributed by atoms with van der Waals surface area (Å²) in [6.07, 6.45) is 1.56. The minimum atomic E-state index is -0.815. The molecule has 0 fully saturated rings. The zero-order chi connectivity index (χ0) is 14.5. The maximum absolute atomic E-state index is 11.9. The highest BCUT2D eigenvalue weighted by Gasteiger charge is 2.21. The lowest BCUT2D eigenvalue weighted by molar-refractivity contribution is -0.385. The first-order valence-electron chi connectivity index (χ1n) is 5.59. The fraction of sp³-hybridized carbons (Fsp3) is 0.0769. The van der Waals surface area contributed by atoms with Crippen LogP contribution < -0.4 is 0 Å². The normalized spacial score (nSPS) is 10.1. The molecule has 0 N–H and O–H groups in total. The highest BCUT2D eigenvalue weighted by atomic mass is 35.5. The summed E-state index contributed by atoms with van der Waals surface area (Å²) in [5, 5.41) is 11.1. The van der Waals surface area contributed by atoms with Gasteiger partial charge >= 0.3 is 5.97 Å². The van der Waals surface area contributed by atoms with Crippen molar-refractivity contribution in [3.05, 3.63) is 69.0 Å². The molecule has 0 spiro atoms. The molecule has 2 rings (SSSR count). The summed E-state index contributed by atoms with van der Waals surface area (Å²) in [6.45, 7) is -0.0661. The van der Waals surface area contributed by atoms with E-state index in [9.17, 15) is 14.9 Å². The van der Waals surface area contributed by atoms with Gasteiger partial charge in [-0.3, -0.25) is 15.1 Å². The molecule has 1 aromatic heterocycles. The highest BCUT2D eigenvalue weighted by Crippen LogP contribution is 2.23. The Morgan fingerprint density at radius 1 is 1.35 bits per heavy atom. The molecule has 0 bridgehead atoms. The minimum absolute atomic E-state index is 0.0661. The van der Waals surface area contributed by atoms with E-state index < -0.39 is 10.9 Å². The van der Waals surface area contributed by atoms with Crippen molar-refractivity contribution >= 4 is 23.3 Å². The lowest BCUT2D eigenvalue weighted by Gasteiger charge is -2.05. The van der Waals surface area contributed by atoms with Gasteiger partial charge < -0.3 is 4.74 Å². The zero-order valence-corrected chi connectivity index (χ0v) is 10.9. The van der Waals surface area contributed by atoms with E-state index in [1.807, 2.05) is 0 Å². The molecule has 0 radical (unpaired) electrons. The number of carbonyl (C=O) groups excluding carboxylic acids is 1. The second kappa shape index (κ2) is 6.12. The van der Waals surface area contributed by atoms with E-state index in [2.05, 4.69) is 4.98 Å². The number of esters is 1. The number of nitro benzene ring substituents is 1. The Morgan fingerprint density at radius 3 is 2.80 bits per heavy atom. The average Bonchev–Trinajstić information content (AvgIpc) is 2.45. The van der Waals surface area contributed by atoms with E-state index in [1.54, 1.807) is 24.4 Å². The van der Waals surface area contributed by atoms with Gasteiger partial charge in [0.25, 0.3) is 5.69 Å². The first kappa shape index (κ1) is 14.0. The van der Waals surface area contributed by atoms with Crippen LogP contribution in [0.15, 0.2) is 42.6 Å². The third kappa shape index (κ3) is 3.30. The number of carbonyl (C=O) groups is 1. The van der Waals surface area contributed by atoms with Crippen LogP contribution in [-0.2, 0) is 11.3 Å². The second-order valence-corrected chi connectivity index (χ2v) is 4.25. The maximum Gasteiger partial charge on any atom is 0.345 e. The molecule has 0 saturated carbocycles. The first-order valence-corrected chi connectivity index (χ1v) is 5.96. The minimum Gasteiger partial charge on any atom is -0.455 e. The van der Waals surface area contributed by atoms with Crippen LogP contribution in [-0.4, -0.2) is 15.9 Å². The second-order valence-electron chi connectivity index (χ2n) is 3.82. The van der Waals surface area contributed by atoms with Crippen molar-refractivity contribution in [2.24, 2.45) is 0 Å². The molecular formula is C13H9ClN2O4. The van der Waals surface area contributed by atoms with Gasteiger partial charge in [0.1, 0.15) is 12.2 Å². The number of pyridine rings is 1. The smallest absolute Gasteiger partial charge is 0.345 e. The van der Waals surface area contributed by atoms with Crippen molar-refractivity contribution < 1.29 is 14.5 Å². The summed E-state index contributed by atoms with van der Waals surface area (Å²) in [5.41, 5.74) is 0.0179. The van der Waals surface area contributed by atoms with E-state index in [0.29, 0.717) is 5.69 Å². The Hall–Kier alpha value is -2.47. The molecule has 6 nitrogen and oxygen atoms in total. The molecule has 0 atom stereocenters. The quantitative estimate of drug-likeness (QED) is 0.491. The average molecular weight is 293 g/mol. The van der Waals surface area contributed by atoms with Gasteiger partial charge in [-0.15, -0.1) is 0 Å². The number of halogens is 1. The Labute approximate surface area is 119 Å². The van der Waals surface area contributed by atoms with Crippen molar-refractivity contribution in [3.8, 4) is 0 Å². The number of benzene rings is 1. The van der Waals surface area contributed by atoms with Crippen LogP contribution in [0.25, 0.3) is 0 Å². The fourth-order valence-electron chi connectivity index (χ4n) is 1.53. The number of ether oxygens (including phenoxy) is 1. The number of nitrogens with zero attached hydrogens (tertiary/aromatic N) is 2. The Bertz CT molecular complexity index is 646. The van der Waals surface area contributed by atoms with Gasteiger partial charge in [0, 0.05) is 17.3 Å². The van der Waals surface area contributed by atoms with E-state index in [0.717, 1.165) is 0 Å². The zero-order valence-electron chi connectivity index (χ0n) is 10.2. The SMILES string of the molecule is O=C(OCc1ccccn1)c1cc(Cl)ccc1[N+](=O)[O-]. The number of hydrogen-bond acceptors (Lipinski definition) is 5. The van der Waals surface area contributed by atoms with Gasteiger partial charge in [-0.1, -0.05) is 17.7 Å². The van der Waals surface area contributed by atoms with Crippen molar-refractivity contribution in [2.75, 3.05) is 0 Å². The van der Waals surface area contributed by atoms with Crippen LogP contribution in [0.1, 0.15) is 16.1 Å². The molecule has 2 aromatic rings. The number of aromatic nitrogens is 1. The van der Waals surface area contributed by atoms with Crippen LogP contribution in [0.5, 0.6) is 0 Å². The molecule has 0 aliphatic carbocycles. The monoisotopic (exact) mass is 292 g/mol. The van der Waals surface area contributed by atoms with Crippen molar-refractivity contribution in [2.45, 2.75) is 6.61 Å². The van der Waals surface area contributed by atoms with E-state index in [1.165, 1.54) is 18.2 Å². The molecule has 0 aliphatic rings. The van der Waals surface area contributed by atoms with Gasteiger partial charge in [0.2, 0.25) is 0 Å². The first-order chi connectivity index (χ1) is 9.58. The molecule has 1 heterocycles. The van der Waals surface area contributed by atoms with Crippen LogP contribution in [0, 0.1) is 10.1 Å². The van der Waals surface area contributed by atoms with Crippen LogP contribution >= 0.6 is 11.6 Å². The Morgan fingerprint density at radius 2 is 2.15 bits per heavy atom. The predicted octanol–water partition coefficient (Wildman–Crippen LogP) is 3.00. The standard InChI is InChI=1S/C13H9ClN2O4/c14-9-4-5-12(16(18)19)11(7-9)13(17)20-8-10-3-1-2-6-15-10/h1-7H,8H2. The van der Waals surface area contributed by atoms with Gasteiger partial charge in [0.05, 0.1) is 10.6 Å². The lowest BCUT2D eigenvalue weighted by atomic mass is 10.2. The van der Waals surface area contributed by atoms with Crippen molar-refractivity contribution in [3.63, 3.8) is 0 Å². The molecule has 1 aromatic carbocycles. The summed E-state index contributed by atoms with van der Waals surface area (Å²) < 4.78 is 5.00. The molecule has 20 heavy (non-hydrogen) atoms. The van der Waals surface area contributed by atoms with Gasteiger partial charge in [-0.25, -0.2) is 4.79 Å². The molecule has 0 saturated heterocycles. The van der Waals surface area contributed by atoms with Gasteiger partial charge in [-0.05, 0) is 24.3 Å². The van der Waals surface area contributed by atoms with E-state index >= 15 is 0 Å². The van der Waals surface area contributed by atoms with Gasteiger partial charge in [0.15, 0.2) is 0 Å². The number of hydrogen-bond donors (Lipinski definition) is 0. The Kier molecular flexibility index (Phi) is 4.27. The maximum atomic E-state index is 11.9. The van der Waals surface area contributed by atoms with Crippen molar-refractivity contribution in [1.29, 1.82) is 0 Å².